The molecule has 0 unspecified atom stereocenters. The molecule has 2 rings (SSSR count). The molecule has 20 heavy (non-hydrogen) atoms. The van der Waals surface area contributed by atoms with Crippen LogP contribution in [0, 0.1) is 0 Å². The molecular weight excluding hydrogens is 260 g/mol. The largest absolute Gasteiger partial charge is 0.480 e. The summed E-state index contributed by atoms with van der Waals surface area (Å²) >= 11 is 0. The van der Waals surface area contributed by atoms with Crippen LogP contribution in [0.25, 0.3) is 0 Å². The number of aromatic nitrogens is 3. The third-order valence-corrected chi connectivity index (χ3v) is 2.82. The van der Waals surface area contributed by atoms with E-state index >= 15 is 0 Å². The number of aliphatic carboxylic acids is 1. The first-order valence-corrected chi connectivity index (χ1v) is 6.10. The van der Waals surface area contributed by atoms with Crippen LogP contribution in [0.1, 0.15) is 22.5 Å². The first-order chi connectivity index (χ1) is 9.66. The van der Waals surface area contributed by atoms with Crippen molar-refractivity contribution in [3.8, 4) is 0 Å². The molecule has 1 aromatic carbocycles. The predicted octanol–water partition coefficient (Wildman–Crippen LogP) is 0.620. The maximum absolute atomic E-state index is 11.7. The minimum Gasteiger partial charge on any atom is -0.480 e. The summed E-state index contributed by atoms with van der Waals surface area (Å²) in [5.74, 6) is -1.63. The molecule has 1 amide bonds. The van der Waals surface area contributed by atoms with Gasteiger partial charge in [0.1, 0.15) is 6.04 Å². The Morgan fingerprint density at radius 3 is 2.65 bits per heavy atom. The van der Waals surface area contributed by atoms with E-state index in [4.69, 9.17) is 5.11 Å². The molecule has 0 aliphatic carbocycles. The Morgan fingerprint density at radius 2 is 2.05 bits per heavy atom. The normalized spacial score (nSPS) is 11.8. The molecule has 0 spiro atoms. The average molecular weight is 274 g/mol. The number of aryl methyl sites for hydroxylation is 1. The molecule has 104 valence electrons. The van der Waals surface area contributed by atoms with Crippen molar-refractivity contribution >= 4 is 11.9 Å². The van der Waals surface area contributed by atoms with Crippen LogP contribution >= 0.6 is 0 Å². The Morgan fingerprint density at radius 1 is 1.30 bits per heavy atom. The monoisotopic (exact) mass is 274 g/mol. The molecule has 3 N–H and O–H groups in total. The van der Waals surface area contributed by atoms with Crippen molar-refractivity contribution in [1.82, 2.24) is 20.7 Å². The number of nitrogens with one attached hydrogen (secondary N) is 2. The SMILES string of the molecule is O=C(N[C@@H](CCc1ccccc1)C(=O)O)c1cn[nH]n1. The summed E-state index contributed by atoms with van der Waals surface area (Å²) in [6, 6.07) is 8.54. The highest BCUT2D eigenvalue weighted by molar-refractivity contribution is 5.94. The smallest absolute Gasteiger partial charge is 0.326 e. The van der Waals surface area contributed by atoms with E-state index in [1.54, 1.807) is 0 Å². The van der Waals surface area contributed by atoms with Crippen LogP contribution in [0.15, 0.2) is 36.5 Å². The van der Waals surface area contributed by atoms with E-state index in [1.807, 2.05) is 30.3 Å². The highest BCUT2D eigenvalue weighted by Crippen LogP contribution is 2.06. The second-order valence-electron chi connectivity index (χ2n) is 4.24. The number of hydrogen-bond donors (Lipinski definition) is 3. The predicted molar refractivity (Wildman–Crippen MR) is 70.0 cm³/mol. The number of carboxylic acids is 1. The minimum absolute atomic E-state index is 0.0657. The number of hydrogen-bond acceptors (Lipinski definition) is 4. The van der Waals surface area contributed by atoms with Crippen LogP contribution in [0.3, 0.4) is 0 Å². The summed E-state index contributed by atoms with van der Waals surface area (Å²) in [7, 11) is 0. The second-order valence-corrected chi connectivity index (χ2v) is 4.24. The van der Waals surface area contributed by atoms with Crippen LogP contribution in [0.2, 0.25) is 0 Å². The molecule has 0 aliphatic rings. The van der Waals surface area contributed by atoms with Gasteiger partial charge in [0.15, 0.2) is 5.69 Å². The van der Waals surface area contributed by atoms with E-state index in [9.17, 15) is 9.59 Å². The number of carbonyl (C=O) groups is 2. The van der Waals surface area contributed by atoms with Crippen molar-refractivity contribution in [2.45, 2.75) is 18.9 Å². The van der Waals surface area contributed by atoms with E-state index in [0.29, 0.717) is 12.8 Å². The number of benzene rings is 1. The maximum atomic E-state index is 11.7. The van der Waals surface area contributed by atoms with Gasteiger partial charge >= 0.3 is 5.97 Å². The van der Waals surface area contributed by atoms with Gasteiger partial charge in [-0.25, -0.2) is 4.79 Å². The maximum Gasteiger partial charge on any atom is 0.326 e. The second kappa shape index (κ2) is 6.46. The van der Waals surface area contributed by atoms with Crippen molar-refractivity contribution in [3.05, 3.63) is 47.8 Å². The van der Waals surface area contributed by atoms with Crippen molar-refractivity contribution in [3.63, 3.8) is 0 Å². The van der Waals surface area contributed by atoms with Crippen LogP contribution < -0.4 is 5.32 Å². The number of carboxylic acid groups (broad SMARTS) is 1. The molecule has 7 nitrogen and oxygen atoms in total. The fourth-order valence-electron chi connectivity index (χ4n) is 1.76. The van der Waals surface area contributed by atoms with Crippen LogP contribution in [0.5, 0.6) is 0 Å². The van der Waals surface area contributed by atoms with Crippen LogP contribution in [0.4, 0.5) is 0 Å². The Labute approximate surface area is 115 Å². The lowest BCUT2D eigenvalue weighted by molar-refractivity contribution is -0.139. The third kappa shape index (κ3) is 3.64. The zero-order valence-corrected chi connectivity index (χ0v) is 10.6. The number of aromatic amines is 1. The Hall–Kier alpha value is -2.70. The van der Waals surface area contributed by atoms with Crippen molar-refractivity contribution in [2.75, 3.05) is 0 Å². The summed E-state index contributed by atoms with van der Waals surface area (Å²) in [6.45, 7) is 0. The van der Waals surface area contributed by atoms with E-state index in [-0.39, 0.29) is 5.69 Å². The Kier molecular flexibility index (Phi) is 4.43. The molecule has 7 heteroatoms. The fourth-order valence-corrected chi connectivity index (χ4v) is 1.76. The fraction of sp³-hybridized carbons (Fsp3) is 0.231. The van der Waals surface area contributed by atoms with Gasteiger partial charge in [-0.2, -0.15) is 15.4 Å². The van der Waals surface area contributed by atoms with Crippen LogP contribution in [-0.2, 0) is 11.2 Å². The molecule has 0 radical (unpaired) electrons. The summed E-state index contributed by atoms with van der Waals surface area (Å²) in [5.41, 5.74) is 1.09. The average Bonchev–Trinajstić information content (AvgIpc) is 2.98. The lowest BCUT2D eigenvalue weighted by atomic mass is 10.1. The molecule has 1 heterocycles. The zero-order chi connectivity index (χ0) is 14.4. The number of H-pyrrole nitrogens is 1. The van der Waals surface area contributed by atoms with Gasteiger partial charge in [-0.3, -0.25) is 4.79 Å². The highest BCUT2D eigenvalue weighted by atomic mass is 16.4. The molecule has 1 aromatic heterocycles. The lowest BCUT2D eigenvalue weighted by Gasteiger charge is -2.13. The van der Waals surface area contributed by atoms with Gasteiger partial charge in [0.25, 0.3) is 5.91 Å². The molecular formula is C13H14N4O3. The van der Waals surface area contributed by atoms with Gasteiger partial charge in [-0.15, -0.1) is 0 Å². The third-order valence-electron chi connectivity index (χ3n) is 2.82. The number of nitrogens with zero attached hydrogens (tertiary/aromatic N) is 2. The van der Waals surface area contributed by atoms with Crippen molar-refractivity contribution < 1.29 is 14.7 Å². The molecule has 2 aromatic rings. The van der Waals surface area contributed by atoms with Gasteiger partial charge in [-0.05, 0) is 18.4 Å². The van der Waals surface area contributed by atoms with Crippen molar-refractivity contribution in [2.24, 2.45) is 0 Å². The molecule has 0 aliphatic heterocycles. The molecule has 0 saturated carbocycles. The highest BCUT2D eigenvalue weighted by Gasteiger charge is 2.21. The summed E-state index contributed by atoms with van der Waals surface area (Å²) in [6.07, 6.45) is 2.12. The Bertz CT molecular complexity index is 569. The van der Waals surface area contributed by atoms with Gasteiger partial charge in [0.2, 0.25) is 0 Å². The quantitative estimate of drug-likeness (QED) is 0.715. The van der Waals surface area contributed by atoms with Gasteiger partial charge in [-0.1, -0.05) is 30.3 Å². The lowest BCUT2D eigenvalue weighted by Crippen LogP contribution is -2.41. The summed E-state index contributed by atoms with van der Waals surface area (Å²) in [4.78, 5) is 22.9. The van der Waals surface area contributed by atoms with Gasteiger partial charge < -0.3 is 10.4 Å². The van der Waals surface area contributed by atoms with Crippen LogP contribution in [-0.4, -0.2) is 38.4 Å². The standard InChI is InChI=1S/C13H14N4O3/c18-12(11-8-14-17-16-11)15-10(13(19)20)7-6-9-4-2-1-3-5-9/h1-5,8,10H,6-7H2,(H,15,18)(H,19,20)(H,14,16,17)/t10-/m0/s1. The van der Waals surface area contributed by atoms with Gasteiger partial charge in [0, 0.05) is 0 Å². The minimum atomic E-state index is -1.07. The molecule has 1 atom stereocenters. The number of rotatable bonds is 6. The zero-order valence-electron chi connectivity index (χ0n) is 10.6. The van der Waals surface area contributed by atoms with E-state index < -0.39 is 17.9 Å². The van der Waals surface area contributed by atoms with E-state index in [2.05, 4.69) is 20.7 Å². The molecule has 0 bridgehead atoms. The Balaban J connectivity index is 1.94. The van der Waals surface area contributed by atoms with E-state index in [0.717, 1.165) is 5.56 Å². The topological polar surface area (TPSA) is 108 Å². The first-order valence-electron chi connectivity index (χ1n) is 6.10. The number of carbonyl (C=O) groups excluding carboxylic acids is 1. The summed E-state index contributed by atoms with van der Waals surface area (Å²) in [5, 5.41) is 21.0. The molecule has 0 fully saturated rings. The summed E-state index contributed by atoms with van der Waals surface area (Å²) < 4.78 is 0. The van der Waals surface area contributed by atoms with Gasteiger partial charge in [0.05, 0.1) is 6.20 Å². The van der Waals surface area contributed by atoms with E-state index in [1.165, 1.54) is 6.20 Å². The molecule has 0 saturated heterocycles. The first kappa shape index (κ1) is 13.7. The van der Waals surface area contributed by atoms with Crippen molar-refractivity contribution in [1.29, 1.82) is 0 Å². The number of amides is 1.